The fraction of sp³-hybridized carbons (Fsp3) is 0.0833. The van der Waals surface area contributed by atoms with Crippen molar-refractivity contribution in [3.8, 4) is 16.2 Å². The van der Waals surface area contributed by atoms with E-state index in [1.54, 1.807) is 13.2 Å². The summed E-state index contributed by atoms with van der Waals surface area (Å²) in [6.07, 6.45) is 0. The number of rotatable bonds is 2. The van der Waals surface area contributed by atoms with Crippen LogP contribution in [0.4, 0.5) is 0 Å². The summed E-state index contributed by atoms with van der Waals surface area (Å²) in [7, 11) is 1.63. The van der Waals surface area contributed by atoms with Crippen LogP contribution in [0.3, 0.4) is 0 Å². The summed E-state index contributed by atoms with van der Waals surface area (Å²) < 4.78 is 5.80. The van der Waals surface area contributed by atoms with Gasteiger partial charge in [0, 0.05) is 17.0 Å². The Morgan fingerprint density at radius 2 is 1.88 bits per heavy atom. The number of hydrogen-bond donors (Lipinski definition) is 1. The fourth-order valence-electron chi connectivity index (χ4n) is 1.36. The molecule has 0 atom stereocenters. The average molecular weight is 250 g/mol. The standard InChI is InChI=1S/C12H10O2S2/c1-14-10-4-2-8(3-5-10)11-6-9(13)7-12(15)16-11/h2-7,15H,1H3. The molecular formula is C12H10O2S2. The van der Waals surface area contributed by atoms with Crippen molar-refractivity contribution < 1.29 is 4.74 Å². The second-order valence-corrected chi connectivity index (χ2v) is 5.09. The maximum Gasteiger partial charge on any atom is 0.181 e. The molecule has 0 fully saturated rings. The second-order valence-electron chi connectivity index (χ2n) is 3.22. The van der Waals surface area contributed by atoms with Crippen LogP contribution in [0.15, 0.2) is 45.4 Å². The van der Waals surface area contributed by atoms with Crippen LogP contribution in [0.5, 0.6) is 5.75 Å². The molecule has 1 aromatic heterocycles. The molecule has 16 heavy (non-hydrogen) atoms. The third-order valence-electron chi connectivity index (χ3n) is 2.13. The Morgan fingerprint density at radius 1 is 1.19 bits per heavy atom. The summed E-state index contributed by atoms with van der Waals surface area (Å²) in [6, 6.07) is 10.7. The zero-order valence-corrected chi connectivity index (χ0v) is 10.3. The zero-order chi connectivity index (χ0) is 11.5. The highest BCUT2D eigenvalue weighted by Gasteiger charge is 2.01. The van der Waals surface area contributed by atoms with Crippen LogP contribution in [-0.2, 0) is 0 Å². The second kappa shape index (κ2) is 4.72. The number of benzene rings is 1. The number of thiol groups is 1. The van der Waals surface area contributed by atoms with Crippen LogP contribution < -0.4 is 10.2 Å². The number of hydrogen-bond acceptors (Lipinski definition) is 4. The van der Waals surface area contributed by atoms with Crippen LogP contribution in [-0.4, -0.2) is 7.11 Å². The molecular weight excluding hydrogens is 240 g/mol. The van der Waals surface area contributed by atoms with E-state index in [2.05, 4.69) is 12.6 Å². The molecule has 0 N–H and O–H groups in total. The lowest BCUT2D eigenvalue weighted by Crippen LogP contribution is -1.95. The van der Waals surface area contributed by atoms with Gasteiger partial charge in [-0.2, -0.15) is 0 Å². The third-order valence-corrected chi connectivity index (χ3v) is 3.43. The fourth-order valence-corrected chi connectivity index (χ4v) is 2.61. The van der Waals surface area contributed by atoms with E-state index in [0.29, 0.717) is 0 Å². The summed E-state index contributed by atoms with van der Waals surface area (Å²) in [4.78, 5) is 12.3. The van der Waals surface area contributed by atoms with Crippen molar-refractivity contribution in [1.29, 1.82) is 0 Å². The Kier molecular flexibility index (Phi) is 3.31. The first kappa shape index (κ1) is 11.2. The zero-order valence-electron chi connectivity index (χ0n) is 8.64. The maximum absolute atomic E-state index is 11.3. The average Bonchev–Trinajstić information content (AvgIpc) is 2.28. The van der Waals surface area contributed by atoms with E-state index in [1.807, 2.05) is 24.3 Å². The summed E-state index contributed by atoms with van der Waals surface area (Å²) in [6.45, 7) is 0. The molecule has 1 aromatic carbocycles. The number of methoxy groups -OCH3 is 1. The molecule has 4 heteroatoms. The Hall–Kier alpha value is -1.26. The van der Waals surface area contributed by atoms with Gasteiger partial charge in [-0.1, -0.05) is 0 Å². The van der Waals surface area contributed by atoms with E-state index in [-0.39, 0.29) is 5.43 Å². The van der Waals surface area contributed by atoms with Crippen molar-refractivity contribution in [3.63, 3.8) is 0 Å². The first-order chi connectivity index (χ1) is 7.69. The first-order valence-corrected chi connectivity index (χ1v) is 5.94. The summed E-state index contributed by atoms with van der Waals surface area (Å²) in [5.74, 6) is 0.804. The smallest absolute Gasteiger partial charge is 0.181 e. The molecule has 0 bridgehead atoms. The van der Waals surface area contributed by atoms with Gasteiger partial charge in [0.15, 0.2) is 5.43 Å². The van der Waals surface area contributed by atoms with Crippen LogP contribution >= 0.6 is 24.0 Å². The van der Waals surface area contributed by atoms with Crippen molar-refractivity contribution in [2.45, 2.75) is 4.21 Å². The van der Waals surface area contributed by atoms with E-state index >= 15 is 0 Å². The van der Waals surface area contributed by atoms with Crippen molar-refractivity contribution in [3.05, 3.63) is 46.6 Å². The van der Waals surface area contributed by atoms with E-state index in [9.17, 15) is 4.79 Å². The monoisotopic (exact) mass is 250 g/mol. The molecule has 0 spiro atoms. The van der Waals surface area contributed by atoms with Crippen LogP contribution in [0.2, 0.25) is 0 Å². The summed E-state index contributed by atoms with van der Waals surface area (Å²) in [5.41, 5.74) is 0.980. The van der Waals surface area contributed by atoms with Gasteiger partial charge in [-0.3, -0.25) is 4.79 Å². The van der Waals surface area contributed by atoms with Crippen LogP contribution in [0.1, 0.15) is 0 Å². The molecule has 0 unspecified atom stereocenters. The summed E-state index contributed by atoms with van der Waals surface area (Å²) >= 11 is 5.69. The van der Waals surface area contributed by atoms with Gasteiger partial charge in [0.2, 0.25) is 0 Å². The lowest BCUT2D eigenvalue weighted by Gasteiger charge is -2.03. The molecule has 82 valence electrons. The van der Waals surface area contributed by atoms with Crippen LogP contribution in [0.25, 0.3) is 10.4 Å². The predicted molar refractivity (Wildman–Crippen MR) is 69.8 cm³/mol. The lowest BCUT2D eigenvalue weighted by atomic mass is 10.2. The SMILES string of the molecule is COc1ccc(-c2cc(=O)cc(S)s2)cc1. The summed E-state index contributed by atoms with van der Waals surface area (Å²) in [5, 5.41) is 0. The molecule has 0 saturated heterocycles. The van der Waals surface area contributed by atoms with Crippen molar-refractivity contribution in [1.82, 2.24) is 0 Å². The van der Waals surface area contributed by atoms with Gasteiger partial charge in [-0.15, -0.1) is 24.0 Å². The highest BCUT2D eigenvalue weighted by molar-refractivity contribution is 7.82. The van der Waals surface area contributed by atoms with E-state index < -0.39 is 0 Å². The Balaban J connectivity index is 2.46. The Bertz CT molecular complexity index is 544. The normalized spacial score (nSPS) is 10.1. The minimum Gasteiger partial charge on any atom is -0.497 e. The van der Waals surface area contributed by atoms with Crippen molar-refractivity contribution in [2.75, 3.05) is 7.11 Å². The van der Waals surface area contributed by atoms with Crippen molar-refractivity contribution >= 4 is 24.0 Å². The van der Waals surface area contributed by atoms with E-state index in [4.69, 9.17) is 4.74 Å². The minimum atomic E-state index is -0.0189. The lowest BCUT2D eigenvalue weighted by molar-refractivity contribution is 0.415. The Labute approximate surface area is 103 Å². The minimum absolute atomic E-state index is 0.0189. The van der Waals surface area contributed by atoms with Gasteiger partial charge < -0.3 is 4.74 Å². The highest BCUT2D eigenvalue weighted by atomic mass is 32.2. The Morgan fingerprint density at radius 3 is 2.44 bits per heavy atom. The highest BCUT2D eigenvalue weighted by Crippen LogP contribution is 2.27. The molecule has 1 heterocycles. The topological polar surface area (TPSA) is 26.3 Å². The molecule has 0 saturated carbocycles. The van der Waals surface area contributed by atoms with Crippen molar-refractivity contribution in [2.24, 2.45) is 0 Å². The van der Waals surface area contributed by atoms with E-state index in [0.717, 1.165) is 20.4 Å². The van der Waals surface area contributed by atoms with Gasteiger partial charge >= 0.3 is 0 Å². The van der Waals surface area contributed by atoms with Gasteiger partial charge in [-0.25, -0.2) is 0 Å². The first-order valence-electron chi connectivity index (χ1n) is 4.67. The van der Waals surface area contributed by atoms with Gasteiger partial charge in [0.1, 0.15) is 5.75 Å². The molecule has 0 aliphatic carbocycles. The molecule has 2 nitrogen and oxygen atoms in total. The van der Waals surface area contributed by atoms with Crippen LogP contribution in [0, 0.1) is 0 Å². The largest absolute Gasteiger partial charge is 0.497 e. The predicted octanol–water partition coefficient (Wildman–Crippen LogP) is 3.07. The number of ether oxygens (including phenoxy) is 1. The molecule has 2 aromatic rings. The van der Waals surface area contributed by atoms with Gasteiger partial charge in [0.05, 0.1) is 11.3 Å². The molecule has 0 amide bonds. The molecule has 0 aliphatic heterocycles. The molecule has 0 radical (unpaired) electrons. The third kappa shape index (κ3) is 2.46. The molecule has 0 aliphatic rings. The quantitative estimate of drug-likeness (QED) is 0.829. The van der Waals surface area contributed by atoms with E-state index in [1.165, 1.54) is 17.4 Å². The maximum atomic E-state index is 11.3. The van der Waals surface area contributed by atoms with Gasteiger partial charge in [-0.05, 0) is 29.8 Å². The van der Waals surface area contributed by atoms with Gasteiger partial charge in [0.25, 0.3) is 0 Å². The molecule has 2 rings (SSSR count).